The summed E-state index contributed by atoms with van der Waals surface area (Å²) in [5.41, 5.74) is 2.56. The van der Waals surface area contributed by atoms with Gasteiger partial charge in [0.25, 0.3) is 0 Å². The van der Waals surface area contributed by atoms with Gasteiger partial charge in [-0.25, -0.2) is 9.50 Å². The lowest BCUT2D eigenvalue weighted by atomic mass is 10.1. The second kappa shape index (κ2) is 4.83. The Morgan fingerprint density at radius 3 is 2.65 bits per heavy atom. The van der Waals surface area contributed by atoms with Crippen molar-refractivity contribution in [3.63, 3.8) is 0 Å². The quantitative estimate of drug-likeness (QED) is 0.787. The zero-order valence-electron chi connectivity index (χ0n) is 10.2. The van der Waals surface area contributed by atoms with E-state index in [1.807, 2.05) is 6.07 Å². The molecule has 0 bridgehead atoms. The molecular formula is C12H15Cl2N3. The molecule has 17 heavy (non-hydrogen) atoms. The molecule has 0 spiro atoms. The second-order valence-corrected chi connectivity index (χ2v) is 5.13. The Hall–Kier alpha value is -0.800. The standard InChI is InChI=1S/C12H15Cl2N3/c1-4-5-8-11(13)15-10-6-9(7(2)3)16-17(10)12(8)14/h6-7H,4-5H2,1-3H3. The van der Waals surface area contributed by atoms with Gasteiger partial charge in [0, 0.05) is 11.6 Å². The third-order valence-electron chi connectivity index (χ3n) is 2.70. The van der Waals surface area contributed by atoms with Gasteiger partial charge >= 0.3 is 0 Å². The van der Waals surface area contributed by atoms with Crippen LogP contribution in [0.25, 0.3) is 5.65 Å². The molecule has 0 aliphatic rings. The monoisotopic (exact) mass is 271 g/mol. The van der Waals surface area contributed by atoms with Crippen LogP contribution in [0.1, 0.15) is 44.4 Å². The fourth-order valence-corrected chi connectivity index (χ4v) is 2.36. The number of hydrogen-bond donors (Lipinski definition) is 0. The van der Waals surface area contributed by atoms with Crippen LogP contribution >= 0.6 is 23.2 Å². The summed E-state index contributed by atoms with van der Waals surface area (Å²) < 4.78 is 1.67. The number of fused-ring (bicyclic) bond motifs is 1. The van der Waals surface area contributed by atoms with Crippen molar-refractivity contribution in [1.82, 2.24) is 14.6 Å². The largest absolute Gasteiger partial charge is 0.216 e. The minimum Gasteiger partial charge on any atom is -0.216 e. The third kappa shape index (κ3) is 2.26. The molecule has 0 aliphatic carbocycles. The number of nitrogens with zero attached hydrogens (tertiary/aromatic N) is 3. The van der Waals surface area contributed by atoms with Gasteiger partial charge in [-0.15, -0.1) is 0 Å². The van der Waals surface area contributed by atoms with Gasteiger partial charge in [0.1, 0.15) is 10.3 Å². The van der Waals surface area contributed by atoms with Crippen molar-refractivity contribution in [3.05, 3.63) is 27.6 Å². The SMILES string of the molecule is CCCc1c(Cl)nc2cc(C(C)C)nn2c1Cl. The molecule has 2 rings (SSSR count). The minimum atomic E-state index is 0.348. The molecule has 2 heterocycles. The summed E-state index contributed by atoms with van der Waals surface area (Å²) >= 11 is 12.5. The number of rotatable bonds is 3. The van der Waals surface area contributed by atoms with E-state index in [1.165, 1.54) is 0 Å². The van der Waals surface area contributed by atoms with Crippen LogP contribution in [0.3, 0.4) is 0 Å². The van der Waals surface area contributed by atoms with E-state index in [2.05, 4.69) is 30.9 Å². The Kier molecular flexibility index (Phi) is 3.59. The van der Waals surface area contributed by atoms with E-state index >= 15 is 0 Å². The molecule has 0 saturated carbocycles. The smallest absolute Gasteiger partial charge is 0.158 e. The minimum absolute atomic E-state index is 0.348. The molecule has 0 atom stereocenters. The maximum Gasteiger partial charge on any atom is 0.158 e. The van der Waals surface area contributed by atoms with Crippen LogP contribution in [-0.2, 0) is 6.42 Å². The average molecular weight is 272 g/mol. The van der Waals surface area contributed by atoms with Crippen molar-refractivity contribution >= 4 is 28.8 Å². The molecule has 0 aromatic carbocycles. The number of aromatic nitrogens is 3. The predicted molar refractivity (Wildman–Crippen MR) is 71.1 cm³/mol. The van der Waals surface area contributed by atoms with Gasteiger partial charge in [-0.2, -0.15) is 5.10 Å². The highest BCUT2D eigenvalue weighted by Crippen LogP contribution is 2.26. The van der Waals surface area contributed by atoms with Crippen molar-refractivity contribution in [1.29, 1.82) is 0 Å². The Morgan fingerprint density at radius 1 is 1.35 bits per heavy atom. The fourth-order valence-electron chi connectivity index (χ4n) is 1.73. The summed E-state index contributed by atoms with van der Waals surface area (Å²) in [6.07, 6.45) is 1.79. The van der Waals surface area contributed by atoms with Gasteiger partial charge in [-0.05, 0) is 12.3 Å². The molecule has 92 valence electrons. The van der Waals surface area contributed by atoms with E-state index in [4.69, 9.17) is 23.2 Å². The average Bonchev–Trinajstić information content (AvgIpc) is 2.68. The molecule has 0 amide bonds. The molecule has 5 heteroatoms. The molecule has 0 unspecified atom stereocenters. The highest BCUT2D eigenvalue weighted by molar-refractivity contribution is 6.34. The van der Waals surface area contributed by atoms with Crippen molar-refractivity contribution in [2.75, 3.05) is 0 Å². The first-order chi connectivity index (χ1) is 8.04. The molecule has 2 aromatic heterocycles. The Bertz CT molecular complexity index is 546. The second-order valence-electron chi connectivity index (χ2n) is 4.42. The molecule has 3 nitrogen and oxygen atoms in total. The molecule has 0 aliphatic heterocycles. The van der Waals surface area contributed by atoms with Crippen LogP contribution in [0.4, 0.5) is 0 Å². The maximum absolute atomic E-state index is 6.32. The number of halogens is 2. The third-order valence-corrected chi connectivity index (χ3v) is 3.40. The summed E-state index contributed by atoms with van der Waals surface area (Å²) in [6, 6.07) is 1.93. The highest BCUT2D eigenvalue weighted by Gasteiger charge is 2.15. The first kappa shape index (κ1) is 12.7. The van der Waals surface area contributed by atoms with E-state index in [9.17, 15) is 0 Å². The zero-order chi connectivity index (χ0) is 12.6. The lowest BCUT2D eigenvalue weighted by molar-refractivity contribution is 0.780. The van der Waals surface area contributed by atoms with Gasteiger partial charge in [0.15, 0.2) is 5.65 Å². The van der Waals surface area contributed by atoms with E-state index in [0.29, 0.717) is 21.9 Å². The van der Waals surface area contributed by atoms with Crippen LogP contribution < -0.4 is 0 Å². The van der Waals surface area contributed by atoms with E-state index in [-0.39, 0.29) is 0 Å². The topological polar surface area (TPSA) is 30.2 Å². The number of hydrogen-bond acceptors (Lipinski definition) is 2. The fraction of sp³-hybridized carbons (Fsp3) is 0.500. The first-order valence-electron chi connectivity index (χ1n) is 5.78. The van der Waals surface area contributed by atoms with Crippen molar-refractivity contribution < 1.29 is 0 Å². The summed E-state index contributed by atoms with van der Waals surface area (Å²) in [5, 5.41) is 5.52. The van der Waals surface area contributed by atoms with Crippen LogP contribution in [0.5, 0.6) is 0 Å². The van der Waals surface area contributed by atoms with E-state index in [1.54, 1.807) is 4.52 Å². The summed E-state index contributed by atoms with van der Waals surface area (Å²) in [5.74, 6) is 0.348. The van der Waals surface area contributed by atoms with Crippen molar-refractivity contribution in [2.24, 2.45) is 0 Å². The Labute approximate surface area is 111 Å². The maximum atomic E-state index is 6.32. The molecule has 0 N–H and O–H groups in total. The lowest BCUT2D eigenvalue weighted by Gasteiger charge is -2.06. The van der Waals surface area contributed by atoms with Crippen molar-refractivity contribution in [2.45, 2.75) is 39.5 Å². The normalized spacial score (nSPS) is 11.6. The highest BCUT2D eigenvalue weighted by atomic mass is 35.5. The molecular weight excluding hydrogens is 257 g/mol. The molecule has 0 radical (unpaired) electrons. The molecule has 0 saturated heterocycles. The summed E-state index contributed by atoms with van der Waals surface area (Å²) in [4.78, 5) is 4.34. The molecule has 2 aromatic rings. The first-order valence-corrected chi connectivity index (χ1v) is 6.53. The van der Waals surface area contributed by atoms with Gasteiger partial charge in [0.2, 0.25) is 0 Å². The van der Waals surface area contributed by atoms with Crippen molar-refractivity contribution in [3.8, 4) is 0 Å². The van der Waals surface area contributed by atoms with Gasteiger partial charge in [0.05, 0.1) is 5.69 Å². The van der Waals surface area contributed by atoms with Crippen LogP contribution in [-0.4, -0.2) is 14.6 Å². The summed E-state index contributed by atoms with van der Waals surface area (Å²) in [7, 11) is 0. The van der Waals surface area contributed by atoms with Gasteiger partial charge < -0.3 is 0 Å². The van der Waals surface area contributed by atoms with E-state index in [0.717, 1.165) is 24.1 Å². The molecule has 0 fully saturated rings. The van der Waals surface area contributed by atoms with E-state index < -0.39 is 0 Å². The Balaban J connectivity index is 2.65. The zero-order valence-corrected chi connectivity index (χ0v) is 11.7. The van der Waals surface area contributed by atoms with Crippen LogP contribution in [0.15, 0.2) is 6.07 Å². The van der Waals surface area contributed by atoms with Gasteiger partial charge in [-0.3, -0.25) is 0 Å². The van der Waals surface area contributed by atoms with Crippen LogP contribution in [0, 0.1) is 0 Å². The Morgan fingerprint density at radius 2 is 2.06 bits per heavy atom. The lowest BCUT2D eigenvalue weighted by Crippen LogP contribution is -2.00. The van der Waals surface area contributed by atoms with Crippen LogP contribution in [0.2, 0.25) is 10.3 Å². The summed E-state index contributed by atoms with van der Waals surface area (Å²) in [6.45, 7) is 6.26. The predicted octanol–water partition coefficient (Wildman–Crippen LogP) is 4.11. The van der Waals surface area contributed by atoms with Gasteiger partial charge in [-0.1, -0.05) is 50.4 Å².